The molecule has 0 fully saturated rings. The molecule has 0 spiro atoms. The zero-order valence-electron chi connectivity index (χ0n) is 7.01. The third-order valence-electron chi connectivity index (χ3n) is 1.95. The van der Waals surface area contributed by atoms with E-state index < -0.39 is 0 Å². The molecule has 66 valence electrons. The Labute approximate surface area is 81.7 Å². The number of rotatable bonds is 2. The standard InChI is InChI=1S/C8H12N2S2/c1-8-10(3-5-12-8)6-9-2-4-11-7-9/h2-5,8H,6-7H2,1H3/t8-/m1/s1. The van der Waals surface area contributed by atoms with E-state index in [0.29, 0.717) is 5.37 Å². The quantitative estimate of drug-likeness (QED) is 0.674. The Balaban J connectivity index is 1.85. The summed E-state index contributed by atoms with van der Waals surface area (Å²) in [6.45, 7) is 3.26. The summed E-state index contributed by atoms with van der Waals surface area (Å²) in [4.78, 5) is 4.66. The SMILES string of the molecule is C[C@H]1SC=CN1CN1C=CSC1. The van der Waals surface area contributed by atoms with Crippen LogP contribution in [0.25, 0.3) is 0 Å². The maximum Gasteiger partial charge on any atom is 0.0911 e. The lowest BCUT2D eigenvalue weighted by Crippen LogP contribution is -2.32. The van der Waals surface area contributed by atoms with Gasteiger partial charge in [-0.3, -0.25) is 0 Å². The van der Waals surface area contributed by atoms with E-state index >= 15 is 0 Å². The molecule has 4 heteroatoms. The Hall–Kier alpha value is -0.220. The molecule has 2 rings (SSSR count). The van der Waals surface area contributed by atoms with Gasteiger partial charge in [-0.15, -0.1) is 23.5 Å². The van der Waals surface area contributed by atoms with Crippen molar-refractivity contribution in [2.75, 3.05) is 12.5 Å². The molecule has 0 aromatic carbocycles. The maximum absolute atomic E-state index is 2.35. The third kappa shape index (κ3) is 1.75. The van der Waals surface area contributed by atoms with Crippen molar-refractivity contribution in [3.05, 3.63) is 23.2 Å². The van der Waals surface area contributed by atoms with Gasteiger partial charge in [-0.05, 0) is 17.7 Å². The fourth-order valence-corrected chi connectivity index (χ4v) is 2.65. The van der Waals surface area contributed by atoms with Gasteiger partial charge < -0.3 is 9.80 Å². The molecule has 0 N–H and O–H groups in total. The lowest BCUT2D eigenvalue weighted by molar-refractivity contribution is 0.250. The van der Waals surface area contributed by atoms with E-state index in [0.717, 1.165) is 12.5 Å². The van der Waals surface area contributed by atoms with E-state index in [2.05, 4.69) is 39.9 Å². The van der Waals surface area contributed by atoms with E-state index in [9.17, 15) is 0 Å². The van der Waals surface area contributed by atoms with Gasteiger partial charge >= 0.3 is 0 Å². The highest BCUT2D eigenvalue weighted by Gasteiger charge is 2.16. The molecule has 0 aromatic rings. The molecule has 2 aliphatic heterocycles. The minimum Gasteiger partial charge on any atom is -0.350 e. The monoisotopic (exact) mass is 200 g/mol. The molecule has 2 aliphatic rings. The second-order valence-electron chi connectivity index (χ2n) is 2.85. The van der Waals surface area contributed by atoms with Crippen molar-refractivity contribution in [3.8, 4) is 0 Å². The van der Waals surface area contributed by atoms with Gasteiger partial charge in [-0.2, -0.15) is 0 Å². The summed E-state index contributed by atoms with van der Waals surface area (Å²) in [5, 5.41) is 4.92. The van der Waals surface area contributed by atoms with Gasteiger partial charge in [0, 0.05) is 12.4 Å². The number of hydrogen-bond donors (Lipinski definition) is 0. The molecule has 0 amide bonds. The highest BCUT2D eigenvalue weighted by atomic mass is 32.2. The van der Waals surface area contributed by atoms with E-state index in [1.807, 2.05) is 23.5 Å². The molecule has 0 radical (unpaired) electrons. The largest absolute Gasteiger partial charge is 0.350 e. The highest BCUT2D eigenvalue weighted by molar-refractivity contribution is 8.02. The first-order valence-corrected chi connectivity index (χ1v) is 5.95. The van der Waals surface area contributed by atoms with Crippen LogP contribution in [0, 0.1) is 0 Å². The fourth-order valence-electron chi connectivity index (χ4n) is 1.20. The molecular weight excluding hydrogens is 188 g/mol. The van der Waals surface area contributed by atoms with Crippen LogP contribution in [0.3, 0.4) is 0 Å². The predicted octanol–water partition coefficient (Wildman–Crippen LogP) is 2.29. The normalized spacial score (nSPS) is 27.6. The number of thioether (sulfide) groups is 2. The van der Waals surface area contributed by atoms with Crippen molar-refractivity contribution < 1.29 is 0 Å². The van der Waals surface area contributed by atoms with Gasteiger partial charge in [0.25, 0.3) is 0 Å². The average Bonchev–Trinajstić information content (AvgIpc) is 2.65. The number of hydrogen-bond acceptors (Lipinski definition) is 4. The van der Waals surface area contributed by atoms with Crippen LogP contribution in [0.4, 0.5) is 0 Å². The van der Waals surface area contributed by atoms with E-state index in [-0.39, 0.29) is 0 Å². The van der Waals surface area contributed by atoms with Crippen molar-refractivity contribution in [1.82, 2.24) is 9.80 Å². The lowest BCUT2D eigenvalue weighted by atomic mass is 10.6. The average molecular weight is 200 g/mol. The summed E-state index contributed by atoms with van der Waals surface area (Å²) < 4.78 is 0. The second kappa shape index (κ2) is 3.66. The molecule has 0 aromatic heterocycles. The zero-order valence-corrected chi connectivity index (χ0v) is 8.64. The van der Waals surface area contributed by atoms with Crippen LogP contribution >= 0.6 is 23.5 Å². The third-order valence-corrected chi connectivity index (χ3v) is 3.69. The summed E-state index contributed by atoms with van der Waals surface area (Å²) in [7, 11) is 0. The smallest absolute Gasteiger partial charge is 0.0911 e. The topological polar surface area (TPSA) is 6.48 Å². The van der Waals surface area contributed by atoms with Gasteiger partial charge in [-0.25, -0.2) is 0 Å². The molecule has 0 bridgehead atoms. The van der Waals surface area contributed by atoms with Crippen LogP contribution < -0.4 is 0 Å². The molecule has 1 atom stereocenters. The molecule has 2 nitrogen and oxygen atoms in total. The van der Waals surface area contributed by atoms with Crippen molar-refractivity contribution in [3.63, 3.8) is 0 Å². The van der Waals surface area contributed by atoms with Crippen LogP contribution in [-0.4, -0.2) is 27.7 Å². The Morgan fingerprint density at radius 2 is 2.33 bits per heavy atom. The van der Waals surface area contributed by atoms with Crippen LogP contribution in [0.15, 0.2) is 23.2 Å². The first-order valence-electron chi connectivity index (χ1n) is 3.96. The van der Waals surface area contributed by atoms with Gasteiger partial charge in [0.2, 0.25) is 0 Å². The zero-order chi connectivity index (χ0) is 8.39. The lowest BCUT2D eigenvalue weighted by Gasteiger charge is -2.26. The first-order chi connectivity index (χ1) is 5.86. The van der Waals surface area contributed by atoms with Crippen LogP contribution in [0.5, 0.6) is 0 Å². The minimum atomic E-state index is 0.601. The van der Waals surface area contributed by atoms with Crippen LogP contribution in [0.1, 0.15) is 6.92 Å². The Morgan fingerprint density at radius 3 is 2.92 bits per heavy atom. The molecule has 0 unspecified atom stereocenters. The summed E-state index contributed by atoms with van der Waals surface area (Å²) in [5.41, 5.74) is 0. The number of nitrogens with zero attached hydrogens (tertiary/aromatic N) is 2. The Bertz CT molecular complexity index is 215. The minimum absolute atomic E-state index is 0.601. The summed E-state index contributed by atoms with van der Waals surface area (Å²) in [6, 6.07) is 0. The predicted molar refractivity (Wildman–Crippen MR) is 56.3 cm³/mol. The first kappa shape index (κ1) is 8.38. The van der Waals surface area contributed by atoms with Crippen molar-refractivity contribution in [2.24, 2.45) is 0 Å². The van der Waals surface area contributed by atoms with Crippen molar-refractivity contribution >= 4 is 23.5 Å². The van der Waals surface area contributed by atoms with Crippen LogP contribution in [-0.2, 0) is 0 Å². The Morgan fingerprint density at radius 1 is 1.42 bits per heavy atom. The summed E-state index contributed by atoms with van der Waals surface area (Å²) in [5.74, 6) is 1.10. The summed E-state index contributed by atoms with van der Waals surface area (Å²) >= 11 is 3.73. The second-order valence-corrected chi connectivity index (χ2v) is 4.94. The van der Waals surface area contributed by atoms with Gasteiger partial charge in [0.15, 0.2) is 0 Å². The maximum atomic E-state index is 2.35. The highest BCUT2D eigenvalue weighted by Crippen LogP contribution is 2.25. The molecule has 12 heavy (non-hydrogen) atoms. The molecule has 0 saturated heterocycles. The van der Waals surface area contributed by atoms with E-state index in [1.54, 1.807) is 0 Å². The molecule has 2 heterocycles. The van der Waals surface area contributed by atoms with E-state index in [4.69, 9.17) is 0 Å². The van der Waals surface area contributed by atoms with Gasteiger partial charge in [-0.1, -0.05) is 0 Å². The van der Waals surface area contributed by atoms with Crippen LogP contribution in [0.2, 0.25) is 0 Å². The van der Waals surface area contributed by atoms with Crippen molar-refractivity contribution in [2.45, 2.75) is 12.3 Å². The Kier molecular flexibility index (Phi) is 2.56. The summed E-state index contributed by atoms with van der Waals surface area (Å²) in [6.07, 6.45) is 4.33. The van der Waals surface area contributed by atoms with Gasteiger partial charge in [0.1, 0.15) is 0 Å². The van der Waals surface area contributed by atoms with Gasteiger partial charge in [0.05, 0.1) is 17.9 Å². The van der Waals surface area contributed by atoms with Crippen molar-refractivity contribution in [1.29, 1.82) is 0 Å². The molecule has 0 aliphatic carbocycles. The molecular formula is C8H12N2S2. The van der Waals surface area contributed by atoms with E-state index in [1.165, 1.54) is 0 Å². The fraction of sp³-hybridized carbons (Fsp3) is 0.500. The molecule has 0 saturated carbocycles.